The van der Waals surface area contributed by atoms with Gasteiger partial charge in [0.05, 0.1) is 17.1 Å². The van der Waals surface area contributed by atoms with Crippen molar-refractivity contribution >= 4 is 27.7 Å². The van der Waals surface area contributed by atoms with Crippen molar-refractivity contribution in [2.45, 2.75) is 6.42 Å². The Bertz CT molecular complexity index is 690. The number of hydrogen-bond acceptors (Lipinski definition) is 4. The van der Waals surface area contributed by atoms with Gasteiger partial charge in [0, 0.05) is 38.6 Å². The highest BCUT2D eigenvalue weighted by Gasteiger charge is 2.23. The number of rotatable bonds is 3. The standard InChI is InChI=1S/C16H16BrFN4O/c17-13-3-1-2-12(16(13)18)10-15(23)22-8-6-21(7-9-22)14-11-19-4-5-20-14/h1-5,11H,6-10H2. The first-order valence-corrected chi connectivity index (χ1v) is 8.16. The van der Waals surface area contributed by atoms with E-state index in [1.165, 1.54) is 0 Å². The molecule has 23 heavy (non-hydrogen) atoms. The molecule has 7 heteroatoms. The van der Waals surface area contributed by atoms with Gasteiger partial charge in [-0.25, -0.2) is 9.37 Å². The molecule has 1 saturated heterocycles. The molecule has 0 bridgehead atoms. The van der Waals surface area contributed by atoms with E-state index in [2.05, 4.69) is 30.8 Å². The highest BCUT2D eigenvalue weighted by Crippen LogP contribution is 2.20. The predicted octanol–water partition coefficient (Wildman–Crippen LogP) is 2.27. The van der Waals surface area contributed by atoms with Crippen LogP contribution < -0.4 is 4.90 Å². The van der Waals surface area contributed by atoms with Crippen molar-refractivity contribution in [1.29, 1.82) is 0 Å². The maximum absolute atomic E-state index is 14.0. The molecule has 1 fully saturated rings. The van der Waals surface area contributed by atoms with Gasteiger partial charge in [-0.15, -0.1) is 0 Å². The quantitative estimate of drug-likeness (QED) is 0.821. The van der Waals surface area contributed by atoms with Crippen LogP contribution in [-0.4, -0.2) is 47.0 Å². The molecule has 2 heterocycles. The zero-order valence-electron chi connectivity index (χ0n) is 12.5. The summed E-state index contributed by atoms with van der Waals surface area (Å²) < 4.78 is 14.4. The Balaban J connectivity index is 1.59. The summed E-state index contributed by atoms with van der Waals surface area (Å²) >= 11 is 3.15. The van der Waals surface area contributed by atoms with E-state index in [0.29, 0.717) is 36.2 Å². The Morgan fingerprint density at radius 1 is 1.22 bits per heavy atom. The maximum Gasteiger partial charge on any atom is 0.227 e. The smallest absolute Gasteiger partial charge is 0.227 e. The largest absolute Gasteiger partial charge is 0.352 e. The van der Waals surface area contributed by atoms with Crippen molar-refractivity contribution in [2.24, 2.45) is 0 Å². The van der Waals surface area contributed by atoms with E-state index in [-0.39, 0.29) is 18.1 Å². The van der Waals surface area contributed by atoms with Crippen LogP contribution in [0.4, 0.5) is 10.2 Å². The monoisotopic (exact) mass is 378 g/mol. The summed E-state index contributed by atoms with van der Waals surface area (Å²) in [6.07, 6.45) is 5.09. The van der Waals surface area contributed by atoms with E-state index >= 15 is 0 Å². The van der Waals surface area contributed by atoms with Gasteiger partial charge < -0.3 is 9.80 Å². The Kier molecular flexibility index (Phi) is 4.85. The van der Waals surface area contributed by atoms with Crippen LogP contribution in [0.5, 0.6) is 0 Å². The van der Waals surface area contributed by atoms with Crippen molar-refractivity contribution in [1.82, 2.24) is 14.9 Å². The lowest BCUT2D eigenvalue weighted by atomic mass is 10.1. The highest BCUT2D eigenvalue weighted by atomic mass is 79.9. The van der Waals surface area contributed by atoms with Crippen molar-refractivity contribution in [2.75, 3.05) is 31.1 Å². The molecule has 0 saturated carbocycles. The molecule has 0 aliphatic carbocycles. The molecule has 0 N–H and O–H groups in total. The fourth-order valence-corrected chi connectivity index (χ4v) is 3.01. The predicted molar refractivity (Wildman–Crippen MR) is 88.6 cm³/mol. The summed E-state index contributed by atoms with van der Waals surface area (Å²) in [6, 6.07) is 5.01. The van der Waals surface area contributed by atoms with Gasteiger partial charge in [-0.2, -0.15) is 0 Å². The Morgan fingerprint density at radius 2 is 2.00 bits per heavy atom. The van der Waals surface area contributed by atoms with Crippen molar-refractivity contribution in [3.8, 4) is 0 Å². The van der Waals surface area contributed by atoms with Gasteiger partial charge in [0.1, 0.15) is 11.6 Å². The Morgan fingerprint density at radius 3 is 2.70 bits per heavy atom. The molecule has 5 nitrogen and oxygen atoms in total. The number of halogens is 2. The van der Waals surface area contributed by atoms with Crippen LogP contribution in [0.1, 0.15) is 5.56 Å². The molecule has 1 amide bonds. The summed E-state index contributed by atoms with van der Waals surface area (Å²) in [5.41, 5.74) is 0.417. The van der Waals surface area contributed by atoms with Gasteiger partial charge in [-0.05, 0) is 27.6 Å². The van der Waals surface area contributed by atoms with E-state index in [0.717, 1.165) is 5.82 Å². The number of carbonyl (C=O) groups is 1. The molecule has 1 aliphatic rings. The molecule has 0 spiro atoms. The number of amides is 1. The lowest BCUT2D eigenvalue weighted by Crippen LogP contribution is -2.49. The van der Waals surface area contributed by atoms with E-state index in [9.17, 15) is 9.18 Å². The number of benzene rings is 1. The first-order chi connectivity index (χ1) is 11.1. The molecule has 1 aromatic heterocycles. The summed E-state index contributed by atoms with van der Waals surface area (Å²) in [5, 5.41) is 0. The third-order valence-electron chi connectivity index (χ3n) is 3.88. The lowest BCUT2D eigenvalue weighted by Gasteiger charge is -2.35. The molecule has 1 aromatic carbocycles. The minimum Gasteiger partial charge on any atom is -0.352 e. The van der Waals surface area contributed by atoms with Gasteiger partial charge in [0.15, 0.2) is 0 Å². The van der Waals surface area contributed by atoms with Crippen molar-refractivity contribution in [3.63, 3.8) is 0 Å². The normalized spacial score (nSPS) is 14.9. The fourth-order valence-electron chi connectivity index (χ4n) is 2.60. The number of aromatic nitrogens is 2. The second-order valence-electron chi connectivity index (χ2n) is 5.32. The molecule has 2 aromatic rings. The van der Waals surface area contributed by atoms with Crippen LogP contribution in [-0.2, 0) is 11.2 Å². The minimum atomic E-state index is -0.362. The van der Waals surface area contributed by atoms with Crippen LogP contribution in [0.25, 0.3) is 0 Å². The number of carbonyl (C=O) groups excluding carboxylic acids is 1. The maximum atomic E-state index is 14.0. The van der Waals surface area contributed by atoms with E-state index in [1.807, 2.05) is 0 Å². The number of hydrogen-bond donors (Lipinski definition) is 0. The van der Waals surface area contributed by atoms with Crippen LogP contribution in [0.15, 0.2) is 41.3 Å². The number of nitrogens with zero attached hydrogens (tertiary/aromatic N) is 4. The summed E-state index contributed by atoms with van der Waals surface area (Å²) in [7, 11) is 0. The lowest BCUT2D eigenvalue weighted by molar-refractivity contribution is -0.130. The van der Waals surface area contributed by atoms with Gasteiger partial charge in [-0.1, -0.05) is 12.1 Å². The zero-order valence-corrected chi connectivity index (χ0v) is 14.0. The van der Waals surface area contributed by atoms with Crippen molar-refractivity contribution in [3.05, 3.63) is 52.6 Å². The Labute approximate surface area is 142 Å². The highest BCUT2D eigenvalue weighted by molar-refractivity contribution is 9.10. The molecular formula is C16H16BrFN4O. The topological polar surface area (TPSA) is 49.3 Å². The number of anilines is 1. The second kappa shape index (κ2) is 7.04. The summed E-state index contributed by atoms with van der Waals surface area (Å²) in [5.74, 6) is 0.400. The average Bonchev–Trinajstić information content (AvgIpc) is 2.60. The molecule has 0 unspecified atom stereocenters. The van der Waals surface area contributed by atoms with Gasteiger partial charge >= 0.3 is 0 Å². The van der Waals surface area contributed by atoms with Gasteiger partial charge in [0.2, 0.25) is 5.91 Å². The van der Waals surface area contributed by atoms with Crippen LogP contribution in [0.3, 0.4) is 0 Å². The first kappa shape index (κ1) is 15.9. The second-order valence-corrected chi connectivity index (χ2v) is 6.18. The third kappa shape index (κ3) is 3.67. The SMILES string of the molecule is O=C(Cc1cccc(Br)c1F)N1CCN(c2cnccn2)CC1. The molecule has 1 aliphatic heterocycles. The Hall–Kier alpha value is -2.02. The first-order valence-electron chi connectivity index (χ1n) is 7.37. The summed E-state index contributed by atoms with van der Waals surface area (Å²) in [6.45, 7) is 2.60. The molecule has 3 rings (SSSR count). The van der Waals surface area contributed by atoms with E-state index in [4.69, 9.17) is 0 Å². The minimum absolute atomic E-state index is 0.0548. The average molecular weight is 379 g/mol. The summed E-state index contributed by atoms with van der Waals surface area (Å²) in [4.78, 5) is 24.6. The van der Waals surface area contributed by atoms with Crippen LogP contribution in [0, 0.1) is 5.82 Å². The fraction of sp³-hybridized carbons (Fsp3) is 0.312. The van der Waals surface area contributed by atoms with Crippen LogP contribution in [0.2, 0.25) is 0 Å². The molecule has 0 atom stereocenters. The van der Waals surface area contributed by atoms with Gasteiger partial charge in [0.25, 0.3) is 0 Å². The van der Waals surface area contributed by atoms with Crippen molar-refractivity contribution < 1.29 is 9.18 Å². The van der Waals surface area contributed by atoms with E-state index < -0.39 is 0 Å². The van der Waals surface area contributed by atoms with Crippen LogP contribution >= 0.6 is 15.9 Å². The zero-order chi connectivity index (χ0) is 16.2. The number of piperazine rings is 1. The molecule has 120 valence electrons. The van der Waals surface area contributed by atoms with E-state index in [1.54, 1.807) is 41.7 Å². The molecular weight excluding hydrogens is 363 g/mol. The van der Waals surface area contributed by atoms with Gasteiger partial charge in [-0.3, -0.25) is 9.78 Å². The molecule has 0 radical (unpaired) electrons. The third-order valence-corrected chi connectivity index (χ3v) is 4.49.